The highest BCUT2D eigenvalue weighted by atomic mass is 19.4. The molecule has 144 valence electrons. The van der Waals surface area contributed by atoms with Crippen LogP contribution in [0.2, 0.25) is 0 Å². The van der Waals surface area contributed by atoms with Crippen molar-refractivity contribution < 1.29 is 27.3 Å². The van der Waals surface area contributed by atoms with Crippen LogP contribution in [0.15, 0.2) is 42.5 Å². The first kappa shape index (κ1) is 18.9. The molecule has 0 radical (unpaired) electrons. The van der Waals surface area contributed by atoms with Gasteiger partial charge in [0.05, 0.1) is 16.2 Å². The molecule has 0 aliphatic heterocycles. The van der Waals surface area contributed by atoms with E-state index in [0.717, 1.165) is 16.9 Å². The normalized spacial score (nSPS) is 11.3. The molecule has 13 heteroatoms. The van der Waals surface area contributed by atoms with Gasteiger partial charge < -0.3 is 0 Å². The summed E-state index contributed by atoms with van der Waals surface area (Å²) in [4.78, 5) is 23.1. The van der Waals surface area contributed by atoms with Gasteiger partial charge in [0.2, 0.25) is 0 Å². The van der Waals surface area contributed by atoms with Gasteiger partial charge in [-0.25, -0.2) is 4.39 Å². The van der Waals surface area contributed by atoms with Gasteiger partial charge in [0.25, 0.3) is 17.5 Å². The number of tetrazole rings is 1. The van der Waals surface area contributed by atoms with Gasteiger partial charge in [-0.1, -0.05) is 5.10 Å². The predicted octanol–water partition coefficient (Wildman–Crippen LogP) is 2.98. The van der Waals surface area contributed by atoms with E-state index in [1.807, 2.05) is 0 Å². The molecule has 3 rings (SSSR count). The van der Waals surface area contributed by atoms with Crippen molar-refractivity contribution in [1.29, 1.82) is 0 Å². The number of anilines is 1. The molecule has 2 aromatic carbocycles. The van der Waals surface area contributed by atoms with Crippen LogP contribution in [-0.4, -0.2) is 31.0 Å². The van der Waals surface area contributed by atoms with E-state index in [-0.39, 0.29) is 12.0 Å². The average molecular weight is 396 g/mol. The average Bonchev–Trinajstić information content (AvgIpc) is 3.09. The van der Waals surface area contributed by atoms with E-state index in [1.165, 1.54) is 12.1 Å². The van der Waals surface area contributed by atoms with Gasteiger partial charge in [-0.15, -0.1) is 9.90 Å². The standard InChI is InChI=1S/C15H8F4N6O3/c16-9-2-4-10(5-3-9)24-22-14(21-23-24)20-13(26)11-6-1-8(15(17,18)19)7-12(11)25(27)28/h1-7H,(H,20,22,26). The Balaban J connectivity index is 1.85. The van der Waals surface area contributed by atoms with Crippen LogP contribution in [0.25, 0.3) is 5.69 Å². The topological polar surface area (TPSA) is 116 Å². The second-order valence-corrected chi connectivity index (χ2v) is 5.32. The number of nitrogens with zero attached hydrogens (tertiary/aromatic N) is 5. The molecule has 0 bridgehead atoms. The van der Waals surface area contributed by atoms with Crippen LogP contribution in [0.4, 0.5) is 29.2 Å². The molecule has 0 saturated carbocycles. The molecule has 1 N–H and O–H groups in total. The molecule has 0 aliphatic carbocycles. The zero-order valence-corrected chi connectivity index (χ0v) is 13.5. The van der Waals surface area contributed by atoms with Gasteiger partial charge in [-0.05, 0) is 41.6 Å². The first-order valence-corrected chi connectivity index (χ1v) is 7.38. The van der Waals surface area contributed by atoms with Crippen molar-refractivity contribution in [3.63, 3.8) is 0 Å². The zero-order valence-electron chi connectivity index (χ0n) is 13.5. The van der Waals surface area contributed by atoms with Crippen LogP contribution in [-0.2, 0) is 6.18 Å². The number of carbonyl (C=O) groups is 1. The third kappa shape index (κ3) is 3.92. The monoisotopic (exact) mass is 396 g/mol. The third-order valence-corrected chi connectivity index (χ3v) is 3.46. The molecular formula is C15H8F4N6O3. The van der Waals surface area contributed by atoms with Crippen molar-refractivity contribution in [2.45, 2.75) is 6.18 Å². The van der Waals surface area contributed by atoms with Gasteiger partial charge in [0, 0.05) is 6.07 Å². The third-order valence-electron chi connectivity index (χ3n) is 3.46. The number of nitrogens with one attached hydrogen (secondary N) is 1. The Kier molecular flexibility index (Phi) is 4.73. The van der Waals surface area contributed by atoms with E-state index >= 15 is 0 Å². The van der Waals surface area contributed by atoms with E-state index in [9.17, 15) is 32.5 Å². The predicted molar refractivity (Wildman–Crippen MR) is 85.2 cm³/mol. The van der Waals surface area contributed by atoms with Crippen molar-refractivity contribution >= 4 is 17.5 Å². The number of alkyl halides is 3. The second kappa shape index (κ2) is 7.02. The number of nitro benzene ring substituents is 1. The van der Waals surface area contributed by atoms with Crippen LogP contribution in [0.1, 0.15) is 15.9 Å². The van der Waals surface area contributed by atoms with Gasteiger partial charge in [0.1, 0.15) is 11.4 Å². The first-order chi connectivity index (χ1) is 13.1. The number of benzene rings is 2. The Labute approximate surface area is 152 Å². The number of aromatic nitrogens is 4. The van der Waals surface area contributed by atoms with Gasteiger partial charge in [-0.3, -0.25) is 20.2 Å². The lowest BCUT2D eigenvalue weighted by Gasteiger charge is -2.08. The maximum absolute atomic E-state index is 12.9. The highest BCUT2D eigenvalue weighted by Gasteiger charge is 2.34. The molecule has 28 heavy (non-hydrogen) atoms. The Morgan fingerprint density at radius 1 is 1.14 bits per heavy atom. The minimum atomic E-state index is -4.81. The number of halogens is 4. The van der Waals surface area contributed by atoms with Crippen LogP contribution in [0.5, 0.6) is 0 Å². The number of carbonyl (C=O) groups excluding carboxylic acids is 1. The van der Waals surface area contributed by atoms with E-state index in [0.29, 0.717) is 17.8 Å². The lowest BCUT2D eigenvalue weighted by atomic mass is 10.1. The van der Waals surface area contributed by atoms with Crippen molar-refractivity contribution in [3.05, 3.63) is 69.5 Å². The summed E-state index contributed by atoms with van der Waals surface area (Å²) in [6.45, 7) is 0. The quantitative estimate of drug-likeness (QED) is 0.412. The van der Waals surface area contributed by atoms with Crippen molar-refractivity contribution in [1.82, 2.24) is 20.2 Å². The molecule has 0 atom stereocenters. The summed E-state index contributed by atoms with van der Waals surface area (Å²) in [5, 5.41) is 24.1. The lowest BCUT2D eigenvalue weighted by Crippen LogP contribution is -2.16. The van der Waals surface area contributed by atoms with E-state index in [1.54, 1.807) is 0 Å². The highest BCUT2D eigenvalue weighted by molar-refractivity contribution is 6.06. The second-order valence-electron chi connectivity index (χ2n) is 5.32. The lowest BCUT2D eigenvalue weighted by molar-refractivity contribution is -0.385. The zero-order chi connectivity index (χ0) is 20.5. The molecule has 0 spiro atoms. The van der Waals surface area contributed by atoms with E-state index in [2.05, 4.69) is 20.7 Å². The highest BCUT2D eigenvalue weighted by Crippen LogP contribution is 2.33. The summed E-state index contributed by atoms with van der Waals surface area (Å²) < 4.78 is 51.1. The number of hydrogen-bond donors (Lipinski definition) is 1. The molecular weight excluding hydrogens is 388 g/mol. The fourth-order valence-electron chi connectivity index (χ4n) is 2.17. The summed E-state index contributed by atoms with van der Waals surface area (Å²) in [7, 11) is 0. The largest absolute Gasteiger partial charge is 0.416 e. The van der Waals surface area contributed by atoms with Crippen LogP contribution < -0.4 is 5.32 Å². The van der Waals surface area contributed by atoms with Gasteiger partial charge in [0.15, 0.2) is 0 Å². The molecule has 3 aromatic rings. The van der Waals surface area contributed by atoms with Gasteiger partial charge in [-0.2, -0.15) is 13.2 Å². The Hall–Kier alpha value is -3.90. The fraction of sp³-hybridized carbons (Fsp3) is 0.0667. The van der Waals surface area contributed by atoms with Crippen molar-refractivity contribution in [3.8, 4) is 5.69 Å². The van der Waals surface area contributed by atoms with Gasteiger partial charge >= 0.3 is 6.18 Å². The number of nitro groups is 1. The molecule has 1 aromatic heterocycles. The molecule has 0 aliphatic rings. The van der Waals surface area contributed by atoms with E-state index < -0.39 is 39.6 Å². The fourth-order valence-corrected chi connectivity index (χ4v) is 2.17. The van der Waals surface area contributed by atoms with Crippen LogP contribution >= 0.6 is 0 Å². The Morgan fingerprint density at radius 2 is 1.82 bits per heavy atom. The minimum absolute atomic E-state index is 0.262. The molecule has 1 amide bonds. The smallest absolute Gasteiger partial charge is 0.287 e. The molecule has 1 heterocycles. The summed E-state index contributed by atoms with van der Waals surface area (Å²) in [6.07, 6.45) is -4.81. The number of rotatable bonds is 4. The van der Waals surface area contributed by atoms with Crippen LogP contribution in [0, 0.1) is 15.9 Å². The van der Waals surface area contributed by atoms with Crippen molar-refractivity contribution in [2.75, 3.05) is 5.32 Å². The van der Waals surface area contributed by atoms with E-state index in [4.69, 9.17) is 0 Å². The van der Waals surface area contributed by atoms with Crippen LogP contribution in [0.3, 0.4) is 0 Å². The molecule has 0 unspecified atom stereocenters. The summed E-state index contributed by atoms with van der Waals surface area (Å²) in [6, 6.07) is 6.45. The SMILES string of the molecule is O=C(Nc1nnn(-c2ccc(F)cc2)n1)c1ccc(C(F)(F)F)cc1[N+](=O)[O-]. The maximum Gasteiger partial charge on any atom is 0.416 e. The summed E-state index contributed by atoms with van der Waals surface area (Å²) >= 11 is 0. The minimum Gasteiger partial charge on any atom is -0.287 e. The maximum atomic E-state index is 12.9. The molecule has 9 nitrogen and oxygen atoms in total. The molecule has 0 saturated heterocycles. The molecule has 0 fully saturated rings. The first-order valence-electron chi connectivity index (χ1n) is 7.38. The Bertz CT molecular complexity index is 1050. The van der Waals surface area contributed by atoms with Crippen molar-refractivity contribution in [2.24, 2.45) is 0 Å². The summed E-state index contributed by atoms with van der Waals surface area (Å²) in [5.74, 6) is -1.95. The number of amides is 1. The summed E-state index contributed by atoms with van der Waals surface area (Å²) in [5.41, 5.74) is -2.60. The Morgan fingerprint density at radius 3 is 2.43 bits per heavy atom. The number of hydrogen-bond acceptors (Lipinski definition) is 6.